The fraction of sp³-hybridized carbons (Fsp3) is 0.235. The predicted molar refractivity (Wildman–Crippen MR) is 79.9 cm³/mol. The van der Waals surface area contributed by atoms with E-state index in [2.05, 4.69) is 5.43 Å². The van der Waals surface area contributed by atoms with Crippen molar-refractivity contribution in [3.05, 3.63) is 65.5 Å². The molecule has 2 N–H and O–H groups in total. The summed E-state index contributed by atoms with van der Waals surface area (Å²) in [5.41, 5.74) is 1.35. The van der Waals surface area contributed by atoms with E-state index in [1.165, 1.54) is 23.2 Å². The van der Waals surface area contributed by atoms with Crippen LogP contribution in [-0.4, -0.2) is 29.2 Å². The standard InChI is InChI=1S/C17H15FN2O3/c1-20-16-14(15(21)10-6-2-5-9-13(10)23-16)17(22,19-20)11-7-3-4-8-12(11)18/h2-9,14,16,19,22H,1H3. The molecule has 0 aliphatic carbocycles. The topological polar surface area (TPSA) is 61.8 Å². The van der Waals surface area contributed by atoms with Crippen molar-refractivity contribution in [1.29, 1.82) is 0 Å². The molecule has 2 heterocycles. The first-order valence-corrected chi connectivity index (χ1v) is 7.30. The van der Waals surface area contributed by atoms with Crippen molar-refractivity contribution in [2.45, 2.75) is 12.0 Å². The number of carbonyl (C=O) groups excluding carboxylic acids is 1. The summed E-state index contributed by atoms with van der Waals surface area (Å²) in [6.07, 6.45) is -0.720. The van der Waals surface area contributed by atoms with Crippen LogP contribution >= 0.6 is 0 Å². The van der Waals surface area contributed by atoms with Crippen LogP contribution in [0.5, 0.6) is 5.75 Å². The summed E-state index contributed by atoms with van der Waals surface area (Å²) >= 11 is 0. The number of hydrazine groups is 1. The lowest BCUT2D eigenvalue weighted by Crippen LogP contribution is -2.48. The number of carbonyl (C=O) groups is 1. The van der Waals surface area contributed by atoms with Gasteiger partial charge >= 0.3 is 0 Å². The van der Waals surface area contributed by atoms with Crippen LogP contribution in [0.15, 0.2) is 48.5 Å². The highest BCUT2D eigenvalue weighted by Crippen LogP contribution is 2.44. The molecule has 2 aliphatic rings. The third kappa shape index (κ3) is 1.92. The van der Waals surface area contributed by atoms with Gasteiger partial charge in [0.2, 0.25) is 0 Å². The normalized spacial score (nSPS) is 29.8. The second-order valence-corrected chi connectivity index (χ2v) is 5.82. The van der Waals surface area contributed by atoms with Crippen LogP contribution in [-0.2, 0) is 5.72 Å². The van der Waals surface area contributed by atoms with E-state index in [1.807, 2.05) is 0 Å². The first kappa shape index (κ1) is 14.3. The van der Waals surface area contributed by atoms with Gasteiger partial charge in [-0.3, -0.25) is 4.79 Å². The average molecular weight is 314 g/mol. The largest absolute Gasteiger partial charge is 0.472 e. The van der Waals surface area contributed by atoms with E-state index in [9.17, 15) is 14.3 Å². The Kier molecular flexibility index (Phi) is 3.02. The van der Waals surface area contributed by atoms with Crippen LogP contribution in [0, 0.1) is 11.7 Å². The Morgan fingerprint density at radius 2 is 1.91 bits per heavy atom. The quantitative estimate of drug-likeness (QED) is 0.838. The zero-order valence-corrected chi connectivity index (χ0v) is 12.4. The molecule has 0 amide bonds. The minimum atomic E-state index is -1.87. The molecule has 1 fully saturated rings. The summed E-state index contributed by atoms with van der Waals surface area (Å²) in [6, 6.07) is 12.7. The summed E-state index contributed by atoms with van der Waals surface area (Å²) in [7, 11) is 1.65. The highest BCUT2D eigenvalue weighted by atomic mass is 19.1. The third-order valence-electron chi connectivity index (χ3n) is 4.43. The fourth-order valence-corrected chi connectivity index (χ4v) is 3.37. The number of Topliss-reactive ketones (excluding diaryl/α,β-unsaturated/α-hetero) is 1. The molecular formula is C17H15FN2O3. The number of hydrogen-bond acceptors (Lipinski definition) is 5. The number of nitrogens with zero attached hydrogens (tertiary/aromatic N) is 1. The number of ether oxygens (including phenoxy) is 1. The molecule has 4 rings (SSSR count). The van der Waals surface area contributed by atoms with Gasteiger partial charge in [-0.15, -0.1) is 0 Å². The van der Waals surface area contributed by atoms with Crippen molar-refractivity contribution in [1.82, 2.24) is 10.4 Å². The van der Waals surface area contributed by atoms with E-state index in [0.29, 0.717) is 11.3 Å². The van der Waals surface area contributed by atoms with Crippen LogP contribution in [0.1, 0.15) is 15.9 Å². The summed E-state index contributed by atoms with van der Waals surface area (Å²) in [4.78, 5) is 12.9. The minimum absolute atomic E-state index is 0.0238. The van der Waals surface area contributed by atoms with E-state index in [1.54, 1.807) is 37.4 Å². The fourth-order valence-electron chi connectivity index (χ4n) is 3.37. The monoisotopic (exact) mass is 314 g/mol. The first-order chi connectivity index (χ1) is 11.0. The Bertz CT molecular complexity index is 797. The summed E-state index contributed by atoms with van der Waals surface area (Å²) in [5, 5.41) is 12.6. The molecule has 3 unspecified atom stereocenters. The van der Waals surface area contributed by atoms with Gasteiger partial charge in [-0.25, -0.2) is 14.8 Å². The number of halogens is 1. The summed E-state index contributed by atoms with van der Waals surface area (Å²) in [6.45, 7) is 0. The molecule has 2 aliphatic heterocycles. The van der Waals surface area contributed by atoms with Crippen molar-refractivity contribution >= 4 is 5.78 Å². The lowest BCUT2D eigenvalue weighted by molar-refractivity contribution is -0.0385. The maximum atomic E-state index is 14.2. The van der Waals surface area contributed by atoms with Crippen LogP contribution in [0.2, 0.25) is 0 Å². The number of aliphatic hydroxyl groups is 1. The van der Waals surface area contributed by atoms with Crippen LogP contribution in [0.3, 0.4) is 0 Å². The molecule has 0 radical (unpaired) electrons. The van der Waals surface area contributed by atoms with Crippen LogP contribution in [0.25, 0.3) is 0 Å². The lowest BCUT2D eigenvalue weighted by atomic mass is 9.82. The molecule has 0 saturated carbocycles. The van der Waals surface area contributed by atoms with Gasteiger partial charge in [0.15, 0.2) is 17.7 Å². The smallest absolute Gasteiger partial charge is 0.179 e. The maximum absolute atomic E-state index is 14.2. The van der Waals surface area contributed by atoms with E-state index >= 15 is 0 Å². The van der Waals surface area contributed by atoms with Gasteiger partial charge in [0.05, 0.1) is 5.56 Å². The number of para-hydroxylation sites is 1. The van der Waals surface area contributed by atoms with Gasteiger partial charge in [-0.1, -0.05) is 30.3 Å². The Morgan fingerprint density at radius 3 is 2.70 bits per heavy atom. The molecule has 2 aromatic rings. The molecule has 23 heavy (non-hydrogen) atoms. The van der Waals surface area contributed by atoms with Gasteiger partial charge < -0.3 is 9.84 Å². The van der Waals surface area contributed by atoms with Gasteiger partial charge in [-0.05, 0) is 18.2 Å². The molecule has 1 saturated heterocycles. The zero-order chi connectivity index (χ0) is 16.2. The maximum Gasteiger partial charge on any atom is 0.179 e. The van der Waals surface area contributed by atoms with Gasteiger partial charge in [0.1, 0.15) is 17.5 Å². The first-order valence-electron chi connectivity index (χ1n) is 7.30. The van der Waals surface area contributed by atoms with E-state index in [-0.39, 0.29) is 11.3 Å². The van der Waals surface area contributed by atoms with Crippen molar-refractivity contribution < 1.29 is 19.0 Å². The molecule has 118 valence electrons. The van der Waals surface area contributed by atoms with Crippen molar-refractivity contribution in [3.8, 4) is 5.75 Å². The molecule has 5 nitrogen and oxygen atoms in total. The summed E-state index contributed by atoms with van der Waals surface area (Å²) in [5.74, 6) is -1.37. The number of benzene rings is 2. The number of fused-ring (bicyclic) bond motifs is 2. The lowest BCUT2D eigenvalue weighted by Gasteiger charge is -2.33. The Hall–Kier alpha value is -2.28. The number of rotatable bonds is 1. The zero-order valence-electron chi connectivity index (χ0n) is 12.4. The van der Waals surface area contributed by atoms with E-state index in [4.69, 9.17) is 4.74 Å². The minimum Gasteiger partial charge on any atom is -0.472 e. The van der Waals surface area contributed by atoms with Crippen LogP contribution < -0.4 is 10.2 Å². The van der Waals surface area contributed by atoms with Gasteiger partial charge in [-0.2, -0.15) is 0 Å². The predicted octanol–water partition coefficient (Wildman–Crippen LogP) is 1.64. The van der Waals surface area contributed by atoms with E-state index < -0.39 is 23.7 Å². The van der Waals surface area contributed by atoms with Gasteiger partial charge in [0.25, 0.3) is 0 Å². The molecular weight excluding hydrogens is 299 g/mol. The number of nitrogens with one attached hydrogen (secondary N) is 1. The second kappa shape index (κ2) is 4.86. The highest BCUT2D eigenvalue weighted by Gasteiger charge is 2.59. The number of hydrogen-bond donors (Lipinski definition) is 2. The molecule has 0 bridgehead atoms. The highest BCUT2D eigenvalue weighted by molar-refractivity contribution is 6.02. The average Bonchev–Trinajstić information content (AvgIpc) is 2.80. The second-order valence-electron chi connectivity index (χ2n) is 5.82. The molecule has 2 aromatic carbocycles. The molecule has 0 aromatic heterocycles. The van der Waals surface area contributed by atoms with Crippen molar-refractivity contribution in [2.75, 3.05) is 7.05 Å². The Morgan fingerprint density at radius 1 is 1.22 bits per heavy atom. The molecule has 0 spiro atoms. The van der Waals surface area contributed by atoms with Crippen molar-refractivity contribution in [3.63, 3.8) is 0 Å². The third-order valence-corrected chi connectivity index (χ3v) is 4.43. The Labute approximate surface area is 132 Å². The molecule has 3 atom stereocenters. The van der Waals surface area contributed by atoms with Crippen molar-refractivity contribution in [2.24, 2.45) is 5.92 Å². The van der Waals surface area contributed by atoms with E-state index in [0.717, 1.165) is 0 Å². The van der Waals surface area contributed by atoms with Crippen LogP contribution in [0.4, 0.5) is 4.39 Å². The van der Waals surface area contributed by atoms with Gasteiger partial charge in [0, 0.05) is 12.6 Å². The summed E-state index contributed by atoms with van der Waals surface area (Å²) < 4.78 is 20.1. The Balaban J connectivity index is 1.87. The molecule has 6 heteroatoms. The number of ketones is 1. The SMILES string of the molecule is CN1NC(O)(c2ccccc2F)C2C(=O)c3ccccc3OC21.